The van der Waals surface area contributed by atoms with Crippen LogP contribution >= 0.6 is 24.1 Å². The highest BCUT2D eigenvalue weighted by Gasteiger charge is 2.29. The maximum atomic E-state index is 6.05. The summed E-state index contributed by atoms with van der Waals surface area (Å²) >= 11 is 3.17. The van der Waals surface area contributed by atoms with Crippen molar-refractivity contribution < 1.29 is 3.63 Å². The maximum Gasteiger partial charge on any atom is 0.0320 e. The summed E-state index contributed by atoms with van der Waals surface area (Å²) in [5.74, 6) is 2.65. The van der Waals surface area contributed by atoms with Crippen LogP contribution in [-0.4, -0.2) is 11.5 Å². The van der Waals surface area contributed by atoms with Gasteiger partial charge in [-0.25, -0.2) is 3.63 Å². The molecule has 6 rings (SSSR count). The molecule has 0 amide bonds. The summed E-state index contributed by atoms with van der Waals surface area (Å²) in [6, 6.07) is 35.1. The van der Waals surface area contributed by atoms with E-state index in [0.29, 0.717) is 11.8 Å². The lowest BCUT2D eigenvalue weighted by molar-refractivity contribution is 0.742. The number of hydrogen-bond acceptors (Lipinski definition) is 3. The minimum absolute atomic E-state index is 0.394. The van der Waals surface area contributed by atoms with Gasteiger partial charge in [0.25, 0.3) is 0 Å². The molecule has 4 aromatic rings. The summed E-state index contributed by atoms with van der Waals surface area (Å²) in [5, 5.41) is 0. The molecule has 152 valence electrons. The molecule has 2 aliphatic carbocycles. The second-order valence-electron chi connectivity index (χ2n) is 8.09. The third-order valence-corrected chi connectivity index (χ3v) is 8.20. The summed E-state index contributed by atoms with van der Waals surface area (Å²) in [7, 11) is 0. The van der Waals surface area contributed by atoms with Gasteiger partial charge in [-0.3, -0.25) is 0 Å². The van der Waals surface area contributed by atoms with Crippen LogP contribution in [0, 0.1) is 0 Å². The minimum atomic E-state index is 0.394. The lowest BCUT2D eigenvalue weighted by Crippen LogP contribution is -2.01. The Morgan fingerprint density at radius 2 is 0.742 bits per heavy atom. The molecule has 0 atom stereocenters. The van der Waals surface area contributed by atoms with E-state index in [9.17, 15) is 0 Å². The van der Waals surface area contributed by atoms with Gasteiger partial charge >= 0.3 is 0 Å². The van der Waals surface area contributed by atoms with Crippen LogP contribution in [0.2, 0.25) is 0 Å². The molecule has 0 saturated heterocycles. The van der Waals surface area contributed by atoms with Crippen molar-refractivity contribution in [2.45, 2.75) is 11.8 Å². The topological polar surface area (TPSA) is 9.23 Å². The SMILES string of the molecule is c1ccc2c(c1)-c1ccccc1C2CSOSCC1c2ccccc2-c2ccccc21. The lowest BCUT2D eigenvalue weighted by Gasteiger charge is -2.14. The third kappa shape index (κ3) is 3.32. The van der Waals surface area contributed by atoms with Crippen molar-refractivity contribution in [3.05, 3.63) is 119 Å². The maximum absolute atomic E-state index is 6.05. The Hall–Kier alpha value is -2.46. The van der Waals surface area contributed by atoms with E-state index in [4.69, 9.17) is 3.63 Å². The zero-order valence-electron chi connectivity index (χ0n) is 17.0. The van der Waals surface area contributed by atoms with E-state index in [-0.39, 0.29) is 0 Å². The van der Waals surface area contributed by atoms with Gasteiger partial charge in [0, 0.05) is 47.4 Å². The van der Waals surface area contributed by atoms with E-state index < -0.39 is 0 Å². The lowest BCUT2D eigenvalue weighted by atomic mass is 9.99. The van der Waals surface area contributed by atoms with Gasteiger partial charge < -0.3 is 0 Å². The number of benzene rings is 4. The number of rotatable bonds is 6. The normalized spacial score (nSPS) is 14.2. The molecule has 0 spiro atoms. The molecule has 0 fully saturated rings. The number of hydrogen-bond donors (Lipinski definition) is 0. The van der Waals surface area contributed by atoms with E-state index in [0.717, 1.165) is 11.5 Å². The van der Waals surface area contributed by atoms with Crippen molar-refractivity contribution >= 4 is 24.1 Å². The molecule has 0 heterocycles. The van der Waals surface area contributed by atoms with Gasteiger partial charge in [-0.05, 0) is 44.5 Å². The van der Waals surface area contributed by atoms with Gasteiger partial charge in [0.1, 0.15) is 0 Å². The second kappa shape index (κ2) is 8.23. The molecule has 0 radical (unpaired) electrons. The van der Waals surface area contributed by atoms with Crippen LogP contribution in [0.15, 0.2) is 97.1 Å². The van der Waals surface area contributed by atoms with Crippen LogP contribution < -0.4 is 0 Å². The van der Waals surface area contributed by atoms with E-state index in [2.05, 4.69) is 97.1 Å². The molecule has 3 heteroatoms. The summed E-state index contributed by atoms with van der Waals surface area (Å²) in [4.78, 5) is 0. The Balaban J connectivity index is 1.12. The van der Waals surface area contributed by atoms with E-state index in [1.807, 2.05) is 0 Å². The van der Waals surface area contributed by atoms with Crippen LogP contribution in [0.3, 0.4) is 0 Å². The minimum Gasteiger partial charge on any atom is -0.247 e. The van der Waals surface area contributed by atoms with Crippen molar-refractivity contribution in [3.63, 3.8) is 0 Å². The van der Waals surface area contributed by atoms with Crippen LogP contribution in [0.5, 0.6) is 0 Å². The number of fused-ring (bicyclic) bond motifs is 6. The Morgan fingerprint density at radius 1 is 0.452 bits per heavy atom. The van der Waals surface area contributed by atoms with Crippen LogP contribution in [-0.2, 0) is 3.63 Å². The Morgan fingerprint density at radius 3 is 1.06 bits per heavy atom. The van der Waals surface area contributed by atoms with E-state index >= 15 is 0 Å². The molecule has 4 aromatic carbocycles. The largest absolute Gasteiger partial charge is 0.247 e. The average Bonchev–Trinajstić information content (AvgIpc) is 3.32. The highest BCUT2D eigenvalue weighted by molar-refractivity contribution is 8.07. The standard InChI is InChI=1S/C28H22OS2/c1-5-13-23-19(9-1)20-10-2-6-14-24(20)27(23)17-30-29-31-18-28-25-15-7-3-11-21(25)22-12-4-8-16-26(22)28/h1-16,27-28H,17-18H2. The first-order valence-electron chi connectivity index (χ1n) is 10.7. The van der Waals surface area contributed by atoms with Gasteiger partial charge in [-0.2, -0.15) is 0 Å². The molecule has 2 aliphatic rings. The van der Waals surface area contributed by atoms with Crippen molar-refractivity contribution in [1.29, 1.82) is 0 Å². The molecule has 31 heavy (non-hydrogen) atoms. The predicted octanol–water partition coefficient (Wildman–Crippen LogP) is 7.92. The Labute approximate surface area is 192 Å². The molecule has 1 nitrogen and oxygen atoms in total. The van der Waals surface area contributed by atoms with Crippen LogP contribution in [0.4, 0.5) is 0 Å². The van der Waals surface area contributed by atoms with Crippen molar-refractivity contribution in [3.8, 4) is 22.3 Å². The zero-order chi connectivity index (χ0) is 20.6. The first-order chi connectivity index (χ1) is 15.4. The Kier molecular flexibility index (Phi) is 5.11. The monoisotopic (exact) mass is 438 g/mol. The first kappa shape index (κ1) is 19.2. The van der Waals surface area contributed by atoms with E-state index in [1.165, 1.54) is 44.5 Å². The van der Waals surface area contributed by atoms with Gasteiger partial charge in [0.2, 0.25) is 0 Å². The first-order valence-corrected chi connectivity index (χ1v) is 12.5. The second-order valence-corrected chi connectivity index (χ2v) is 9.77. The third-order valence-electron chi connectivity index (χ3n) is 6.49. The summed E-state index contributed by atoms with van der Waals surface area (Å²) in [5.41, 5.74) is 11.2. The summed E-state index contributed by atoms with van der Waals surface area (Å²) in [6.07, 6.45) is 0. The van der Waals surface area contributed by atoms with Crippen LogP contribution in [0.1, 0.15) is 34.1 Å². The summed E-state index contributed by atoms with van der Waals surface area (Å²) < 4.78 is 6.05. The van der Waals surface area contributed by atoms with Gasteiger partial charge in [-0.1, -0.05) is 97.1 Å². The smallest absolute Gasteiger partial charge is 0.0320 e. The quantitative estimate of drug-likeness (QED) is 0.223. The zero-order valence-corrected chi connectivity index (χ0v) is 18.7. The fraction of sp³-hybridized carbons (Fsp3) is 0.143. The van der Waals surface area contributed by atoms with Crippen molar-refractivity contribution in [2.24, 2.45) is 0 Å². The van der Waals surface area contributed by atoms with E-state index in [1.54, 1.807) is 24.1 Å². The van der Waals surface area contributed by atoms with Gasteiger partial charge in [0.05, 0.1) is 0 Å². The molecule has 0 aromatic heterocycles. The molecule has 0 aliphatic heterocycles. The Bertz CT molecular complexity index is 1060. The molecule has 0 unspecified atom stereocenters. The molecular weight excluding hydrogens is 416 g/mol. The molecule has 0 bridgehead atoms. The average molecular weight is 439 g/mol. The molecule has 0 N–H and O–H groups in total. The molecule has 0 saturated carbocycles. The summed E-state index contributed by atoms with van der Waals surface area (Å²) in [6.45, 7) is 0. The van der Waals surface area contributed by atoms with Crippen LogP contribution in [0.25, 0.3) is 22.3 Å². The highest BCUT2D eigenvalue weighted by Crippen LogP contribution is 2.48. The predicted molar refractivity (Wildman–Crippen MR) is 133 cm³/mol. The fourth-order valence-corrected chi connectivity index (χ4v) is 6.81. The van der Waals surface area contributed by atoms with Crippen molar-refractivity contribution in [2.75, 3.05) is 11.5 Å². The highest BCUT2D eigenvalue weighted by atomic mass is 32.2. The van der Waals surface area contributed by atoms with Gasteiger partial charge in [-0.15, -0.1) is 0 Å². The fourth-order valence-electron chi connectivity index (χ4n) is 5.10. The van der Waals surface area contributed by atoms with Crippen molar-refractivity contribution in [1.82, 2.24) is 0 Å². The van der Waals surface area contributed by atoms with Gasteiger partial charge in [0.15, 0.2) is 0 Å². The molecular formula is C28H22OS2.